The third-order valence-corrected chi connectivity index (χ3v) is 8.56. The van der Waals surface area contributed by atoms with Gasteiger partial charge in [-0.1, -0.05) is 114 Å². The van der Waals surface area contributed by atoms with Gasteiger partial charge in [0.05, 0.1) is 5.58 Å². The van der Waals surface area contributed by atoms with Crippen LogP contribution in [-0.4, -0.2) is 15.0 Å². The van der Waals surface area contributed by atoms with Crippen LogP contribution >= 0.6 is 0 Å². The topological polar surface area (TPSA) is 51.8 Å². The van der Waals surface area contributed by atoms with Crippen LogP contribution in [0.5, 0.6) is 0 Å². The molecule has 7 rings (SSSR count). The van der Waals surface area contributed by atoms with E-state index in [1.807, 2.05) is 30.6 Å². The summed E-state index contributed by atoms with van der Waals surface area (Å²) < 4.78 is 6.29. The van der Waals surface area contributed by atoms with E-state index in [1.54, 1.807) is 0 Å². The van der Waals surface area contributed by atoms with Gasteiger partial charge < -0.3 is 14.4 Å². The molecule has 0 saturated heterocycles. The van der Waals surface area contributed by atoms with Crippen molar-refractivity contribution in [3.05, 3.63) is 150 Å². The Morgan fingerprint density at radius 2 is 1.52 bits per heavy atom. The van der Waals surface area contributed by atoms with Gasteiger partial charge in [-0.05, 0) is 70.8 Å². The summed E-state index contributed by atoms with van der Waals surface area (Å²) >= 11 is 0. The molecule has 5 heteroatoms. The fourth-order valence-corrected chi connectivity index (χ4v) is 5.90. The molecular weight excluding hydrogens is 791 g/mol. The molecule has 0 N–H and O–H groups in total. The van der Waals surface area contributed by atoms with Gasteiger partial charge in [0.2, 0.25) is 5.71 Å². The van der Waals surface area contributed by atoms with E-state index < -0.39 is 0 Å². The van der Waals surface area contributed by atoms with E-state index in [2.05, 4.69) is 149 Å². The van der Waals surface area contributed by atoms with Gasteiger partial charge in [-0.25, -0.2) is 4.98 Å². The quantitative estimate of drug-likeness (QED) is 0.157. The molecule has 0 spiro atoms. The molecule has 4 aromatic heterocycles. The first kappa shape index (κ1) is 36.8. The Morgan fingerprint density at radius 3 is 2.20 bits per heavy atom. The van der Waals surface area contributed by atoms with E-state index in [-0.39, 0.29) is 30.9 Å². The van der Waals surface area contributed by atoms with Crippen LogP contribution in [0.4, 0.5) is 0 Å². The summed E-state index contributed by atoms with van der Waals surface area (Å²) in [6.45, 7) is 15.4. The number of rotatable bonds is 6. The molecule has 0 amide bonds. The van der Waals surface area contributed by atoms with Crippen LogP contribution in [0.15, 0.2) is 114 Å². The molecule has 3 aromatic carbocycles. The monoisotopic (exact) mass is 836 g/mol. The van der Waals surface area contributed by atoms with Gasteiger partial charge >= 0.3 is 0 Å². The number of furan rings is 1. The standard InChI is InChI=1S/C29H27N2O.C16H18N.Ir/c1-29(2,3)19-21-16-17-30-26(18-21)25-11-7-10-23-24-15-14-22(31-28(24)32-27(23)25)13-12-20-8-5-4-6-9-20;1-12-5-7-13(8-6-12)15-10-9-14(11-17-15)16(2,3)4;/h4-10,14-18H,12-13,19H2,1-3H3;5-7,9-11H,1-4H3;/q2*-1;. The number of benzene rings is 3. The predicted octanol–water partition coefficient (Wildman–Crippen LogP) is 11.4. The third-order valence-electron chi connectivity index (χ3n) is 8.56. The van der Waals surface area contributed by atoms with Gasteiger partial charge in [-0.3, -0.25) is 0 Å². The van der Waals surface area contributed by atoms with Crippen molar-refractivity contribution in [1.29, 1.82) is 0 Å². The van der Waals surface area contributed by atoms with Crippen LogP contribution in [0, 0.1) is 24.5 Å². The fraction of sp³-hybridized carbons (Fsp3) is 0.267. The summed E-state index contributed by atoms with van der Waals surface area (Å²) in [6, 6.07) is 40.0. The van der Waals surface area contributed by atoms with Crippen molar-refractivity contribution in [3.8, 4) is 22.5 Å². The first-order valence-corrected chi connectivity index (χ1v) is 17.1. The second-order valence-electron chi connectivity index (χ2n) is 15.1. The molecule has 0 saturated carbocycles. The maximum atomic E-state index is 6.29. The summed E-state index contributed by atoms with van der Waals surface area (Å²) in [5.74, 6) is 0. The molecule has 0 aliphatic heterocycles. The maximum Gasteiger partial charge on any atom is 0.216 e. The molecule has 4 heterocycles. The molecule has 7 aromatic rings. The van der Waals surface area contributed by atoms with Gasteiger partial charge in [0.15, 0.2) is 0 Å². The van der Waals surface area contributed by atoms with E-state index in [0.29, 0.717) is 5.71 Å². The Kier molecular flexibility index (Phi) is 11.5. The summed E-state index contributed by atoms with van der Waals surface area (Å²) in [7, 11) is 0. The largest absolute Gasteiger partial charge is 0.486 e. The molecule has 1 radical (unpaired) electrons. The van der Waals surface area contributed by atoms with Crippen molar-refractivity contribution in [1.82, 2.24) is 15.0 Å². The summed E-state index contributed by atoms with van der Waals surface area (Å²) in [4.78, 5) is 14.0. The second-order valence-corrected chi connectivity index (χ2v) is 15.1. The summed E-state index contributed by atoms with van der Waals surface area (Å²) in [5.41, 5.74) is 11.8. The van der Waals surface area contributed by atoms with Crippen molar-refractivity contribution >= 4 is 22.1 Å². The SMILES string of the molecule is CC(C)(C)Cc1ccnc(-c2[c-]ccc3c2oc2nc(CCc4ccccc4)ccc23)c1.Cc1c[c-]c(-c2ccc(C(C)(C)C)cn2)cc1.[Ir]. The third kappa shape index (κ3) is 9.21. The van der Waals surface area contributed by atoms with Gasteiger partial charge in [-0.15, -0.1) is 53.6 Å². The number of nitrogens with zero attached hydrogens (tertiary/aromatic N) is 3. The molecule has 4 nitrogen and oxygen atoms in total. The molecule has 257 valence electrons. The molecule has 0 aliphatic carbocycles. The van der Waals surface area contributed by atoms with Crippen LogP contribution in [0.1, 0.15) is 69.5 Å². The zero-order valence-corrected chi connectivity index (χ0v) is 32.5. The number of hydrogen-bond acceptors (Lipinski definition) is 4. The Labute approximate surface area is 310 Å². The van der Waals surface area contributed by atoms with Crippen molar-refractivity contribution in [2.75, 3.05) is 0 Å². The van der Waals surface area contributed by atoms with Gasteiger partial charge in [0, 0.05) is 43.6 Å². The van der Waals surface area contributed by atoms with Crippen molar-refractivity contribution in [2.45, 2.75) is 73.1 Å². The van der Waals surface area contributed by atoms with Crippen molar-refractivity contribution < 1.29 is 24.5 Å². The average molecular weight is 836 g/mol. The minimum Gasteiger partial charge on any atom is -0.486 e. The zero-order chi connectivity index (χ0) is 34.6. The molecule has 0 fully saturated rings. The number of pyridine rings is 3. The summed E-state index contributed by atoms with van der Waals surface area (Å²) in [6.07, 6.45) is 6.68. The smallest absolute Gasteiger partial charge is 0.216 e. The Morgan fingerprint density at radius 1 is 0.720 bits per heavy atom. The molecule has 0 unspecified atom stereocenters. The number of aryl methyl sites for hydroxylation is 3. The van der Waals surface area contributed by atoms with E-state index in [4.69, 9.17) is 9.40 Å². The van der Waals surface area contributed by atoms with Crippen LogP contribution in [0.2, 0.25) is 0 Å². The van der Waals surface area contributed by atoms with Crippen LogP contribution < -0.4 is 0 Å². The number of fused-ring (bicyclic) bond motifs is 3. The Hall–Kier alpha value is -4.44. The zero-order valence-electron chi connectivity index (χ0n) is 30.1. The van der Waals surface area contributed by atoms with E-state index in [1.165, 1.54) is 22.3 Å². The van der Waals surface area contributed by atoms with E-state index >= 15 is 0 Å². The van der Waals surface area contributed by atoms with Crippen LogP contribution in [0.3, 0.4) is 0 Å². The molecule has 50 heavy (non-hydrogen) atoms. The number of aromatic nitrogens is 3. The second kappa shape index (κ2) is 15.6. The van der Waals surface area contributed by atoms with Gasteiger partial charge in [0.25, 0.3) is 0 Å². The number of hydrogen-bond donors (Lipinski definition) is 0. The van der Waals surface area contributed by atoms with E-state index in [0.717, 1.165) is 63.8 Å². The predicted molar refractivity (Wildman–Crippen MR) is 203 cm³/mol. The first-order chi connectivity index (χ1) is 23.4. The molecule has 0 aliphatic rings. The average Bonchev–Trinajstić information content (AvgIpc) is 3.46. The van der Waals surface area contributed by atoms with Crippen molar-refractivity contribution in [3.63, 3.8) is 0 Å². The normalized spacial score (nSPS) is 11.6. The van der Waals surface area contributed by atoms with Crippen LogP contribution in [-0.2, 0) is 44.8 Å². The Bertz CT molecular complexity index is 2150. The summed E-state index contributed by atoms with van der Waals surface area (Å²) in [5, 5.41) is 2.09. The fourth-order valence-electron chi connectivity index (χ4n) is 5.90. The van der Waals surface area contributed by atoms with Gasteiger partial charge in [-0.2, -0.15) is 0 Å². The molecular formula is C45H45IrN3O-2. The maximum absolute atomic E-state index is 6.29. The van der Waals surface area contributed by atoms with Gasteiger partial charge in [0.1, 0.15) is 0 Å². The molecule has 0 atom stereocenters. The van der Waals surface area contributed by atoms with Crippen LogP contribution in [0.25, 0.3) is 44.6 Å². The minimum absolute atomic E-state index is 0. The minimum atomic E-state index is 0. The van der Waals surface area contributed by atoms with Crippen molar-refractivity contribution in [2.24, 2.45) is 5.41 Å². The Balaban J connectivity index is 0.000000229. The van der Waals surface area contributed by atoms with E-state index in [9.17, 15) is 0 Å². The first-order valence-electron chi connectivity index (χ1n) is 17.1. The molecule has 0 bridgehead atoms.